The fraction of sp³-hybridized carbons (Fsp3) is 0.125. The van der Waals surface area contributed by atoms with E-state index in [-0.39, 0.29) is 28.6 Å². The maximum absolute atomic E-state index is 12.9. The molecule has 0 saturated heterocycles. The molecule has 7 heteroatoms. The summed E-state index contributed by atoms with van der Waals surface area (Å²) >= 11 is 0. The van der Waals surface area contributed by atoms with Crippen LogP contribution in [0.25, 0.3) is 11.6 Å². The monoisotopic (exact) mass is 438 g/mol. The Morgan fingerprint density at radius 3 is 2.23 bits per heavy atom. The molecule has 0 aromatic heterocycles. The van der Waals surface area contributed by atoms with Crippen LogP contribution in [0, 0.1) is 0 Å². The zero-order valence-corrected chi connectivity index (χ0v) is 17.7. The Morgan fingerprint density at radius 2 is 1.61 bits per heavy atom. The van der Waals surface area contributed by atoms with Crippen molar-refractivity contribution in [3.05, 3.63) is 89.5 Å². The smallest absolute Gasteiger partial charge is 0.338 e. The predicted octanol–water partition coefficient (Wildman–Crippen LogP) is 3.83. The quantitative estimate of drug-likeness (QED) is 0.252. The molecule has 0 amide bonds. The lowest BCUT2D eigenvalue weighted by atomic mass is 10.0. The molecule has 160 valence electrons. The Labute approximate surface area is 181 Å². The predicted molar refractivity (Wildman–Crippen MR) is 118 cm³/mol. The molecule has 0 radical (unpaired) electrons. The zero-order chi connectivity index (χ0) is 22.4. The number of sulfone groups is 1. The van der Waals surface area contributed by atoms with E-state index in [2.05, 4.69) is 0 Å². The number of carbonyl (C=O) groups is 1. The van der Waals surface area contributed by atoms with Crippen molar-refractivity contribution in [3.8, 4) is 11.5 Å². The Hall–Kier alpha value is -3.58. The van der Waals surface area contributed by atoms with Gasteiger partial charge in [-0.15, -0.1) is 0 Å². The molecule has 0 unspecified atom stereocenters. The van der Waals surface area contributed by atoms with Gasteiger partial charge < -0.3 is 14.9 Å². The van der Waals surface area contributed by atoms with Gasteiger partial charge in [0.25, 0.3) is 0 Å². The minimum absolute atomic E-state index is 0.135. The standard InChI is InChI=1S/C24H22O6S/c1-31(28,29)20-10-8-19(9-11-20)21(15-18-7-12-22(25)23(26)16-18)24(27)30-14-13-17-5-3-2-4-6-17/h2-12,15-16,25-26H,13-14H2,1H3/b21-15+. The van der Waals surface area contributed by atoms with E-state index in [1.165, 1.54) is 48.5 Å². The average molecular weight is 439 g/mol. The van der Waals surface area contributed by atoms with Gasteiger partial charge in [0.2, 0.25) is 0 Å². The maximum Gasteiger partial charge on any atom is 0.338 e. The Bertz CT molecular complexity index is 1200. The summed E-state index contributed by atoms with van der Waals surface area (Å²) in [6, 6.07) is 19.7. The van der Waals surface area contributed by atoms with Crippen LogP contribution in [-0.4, -0.2) is 37.5 Å². The zero-order valence-electron chi connectivity index (χ0n) is 16.9. The van der Waals surface area contributed by atoms with Gasteiger partial charge in [-0.2, -0.15) is 0 Å². The van der Waals surface area contributed by atoms with Gasteiger partial charge in [0.05, 0.1) is 17.1 Å². The molecule has 0 fully saturated rings. The van der Waals surface area contributed by atoms with Crippen LogP contribution in [-0.2, 0) is 25.8 Å². The first-order valence-corrected chi connectivity index (χ1v) is 11.4. The molecule has 0 heterocycles. The number of aromatic hydroxyl groups is 2. The highest BCUT2D eigenvalue weighted by Crippen LogP contribution is 2.28. The molecular weight excluding hydrogens is 416 g/mol. The van der Waals surface area contributed by atoms with Gasteiger partial charge >= 0.3 is 5.97 Å². The number of phenols is 2. The van der Waals surface area contributed by atoms with Crippen LogP contribution in [0.2, 0.25) is 0 Å². The fourth-order valence-electron chi connectivity index (χ4n) is 2.92. The van der Waals surface area contributed by atoms with Crippen LogP contribution in [0.15, 0.2) is 77.7 Å². The Morgan fingerprint density at radius 1 is 0.935 bits per heavy atom. The first-order valence-electron chi connectivity index (χ1n) is 9.49. The van der Waals surface area contributed by atoms with E-state index in [1.54, 1.807) is 0 Å². The van der Waals surface area contributed by atoms with Crippen molar-refractivity contribution in [2.45, 2.75) is 11.3 Å². The van der Waals surface area contributed by atoms with E-state index in [1.807, 2.05) is 30.3 Å². The highest BCUT2D eigenvalue weighted by Gasteiger charge is 2.16. The highest BCUT2D eigenvalue weighted by molar-refractivity contribution is 7.90. The molecule has 0 aliphatic carbocycles. The fourth-order valence-corrected chi connectivity index (χ4v) is 3.55. The van der Waals surface area contributed by atoms with Gasteiger partial charge in [0.1, 0.15) is 0 Å². The summed E-state index contributed by atoms with van der Waals surface area (Å²) < 4.78 is 28.9. The number of hydrogen-bond donors (Lipinski definition) is 2. The number of hydrogen-bond acceptors (Lipinski definition) is 6. The van der Waals surface area contributed by atoms with Crippen molar-refractivity contribution in [2.75, 3.05) is 12.9 Å². The van der Waals surface area contributed by atoms with Crippen LogP contribution in [0.5, 0.6) is 11.5 Å². The molecule has 0 spiro atoms. The highest BCUT2D eigenvalue weighted by atomic mass is 32.2. The summed E-state index contributed by atoms with van der Waals surface area (Å²) in [4.78, 5) is 13.0. The normalized spacial score (nSPS) is 11.8. The second-order valence-electron chi connectivity index (χ2n) is 6.97. The first-order chi connectivity index (χ1) is 14.7. The van der Waals surface area contributed by atoms with Crippen LogP contribution >= 0.6 is 0 Å². The van der Waals surface area contributed by atoms with Gasteiger partial charge in [-0.1, -0.05) is 48.5 Å². The maximum atomic E-state index is 12.9. The lowest BCUT2D eigenvalue weighted by Crippen LogP contribution is -2.10. The van der Waals surface area contributed by atoms with Crippen LogP contribution in [0.3, 0.4) is 0 Å². The van der Waals surface area contributed by atoms with Gasteiger partial charge in [-0.3, -0.25) is 0 Å². The second-order valence-corrected chi connectivity index (χ2v) is 8.99. The summed E-state index contributed by atoms with van der Waals surface area (Å²) in [5.41, 5.74) is 2.15. The van der Waals surface area contributed by atoms with E-state index >= 15 is 0 Å². The summed E-state index contributed by atoms with van der Waals surface area (Å²) in [7, 11) is -3.38. The second kappa shape index (κ2) is 9.49. The minimum Gasteiger partial charge on any atom is -0.504 e. The molecule has 0 aliphatic rings. The number of esters is 1. The van der Waals surface area contributed by atoms with E-state index in [0.29, 0.717) is 17.5 Å². The number of benzene rings is 3. The lowest BCUT2D eigenvalue weighted by molar-refractivity contribution is -0.136. The SMILES string of the molecule is CS(=O)(=O)c1ccc(/C(=C\c2ccc(O)c(O)c2)C(=O)OCCc2ccccc2)cc1. The van der Waals surface area contributed by atoms with Crippen molar-refractivity contribution in [1.29, 1.82) is 0 Å². The van der Waals surface area contributed by atoms with E-state index in [4.69, 9.17) is 4.74 Å². The molecule has 0 atom stereocenters. The van der Waals surface area contributed by atoms with Gasteiger partial charge in [0.15, 0.2) is 21.3 Å². The number of rotatable bonds is 7. The van der Waals surface area contributed by atoms with Crippen molar-refractivity contribution < 1.29 is 28.2 Å². The molecule has 3 aromatic carbocycles. The van der Waals surface area contributed by atoms with Crippen molar-refractivity contribution >= 4 is 27.5 Å². The molecule has 0 saturated carbocycles. The third-order valence-corrected chi connectivity index (χ3v) is 5.72. The summed E-state index contributed by atoms with van der Waals surface area (Å²) in [5, 5.41) is 19.3. The van der Waals surface area contributed by atoms with E-state index in [0.717, 1.165) is 11.8 Å². The number of carbonyl (C=O) groups excluding carboxylic acids is 1. The molecule has 6 nitrogen and oxygen atoms in total. The van der Waals surface area contributed by atoms with Gasteiger partial charge in [-0.05, 0) is 47.0 Å². The van der Waals surface area contributed by atoms with E-state index in [9.17, 15) is 23.4 Å². The van der Waals surface area contributed by atoms with Gasteiger partial charge in [-0.25, -0.2) is 13.2 Å². The van der Waals surface area contributed by atoms with Gasteiger partial charge in [0, 0.05) is 12.7 Å². The molecule has 31 heavy (non-hydrogen) atoms. The minimum atomic E-state index is -3.38. The van der Waals surface area contributed by atoms with Crippen LogP contribution < -0.4 is 0 Å². The Kier molecular flexibility index (Phi) is 6.77. The van der Waals surface area contributed by atoms with Crippen LogP contribution in [0.1, 0.15) is 16.7 Å². The lowest BCUT2D eigenvalue weighted by Gasteiger charge is -2.10. The van der Waals surface area contributed by atoms with Crippen LogP contribution in [0.4, 0.5) is 0 Å². The first kappa shape index (κ1) is 22.1. The topological polar surface area (TPSA) is 101 Å². The molecule has 3 aromatic rings. The summed E-state index contributed by atoms with van der Waals surface area (Å²) in [6.45, 7) is 0.169. The third-order valence-electron chi connectivity index (χ3n) is 4.59. The largest absolute Gasteiger partial charge is 0.504 e. The molecule has 3 rings (SSSR count). The van der Waals surface area contributed by atoms with Crippen molar-refractivity contribution in [2.24, 2.45) is 0 Å². The molecular formula is C24H22O6S. The summed E-state index contributed by atoms with van der Waals surface area (Å²) in [5.74, 6) is -1.18. The van der Waals surface area contributed by atoms with Crippen molar-refractivity contribution in [1.82, 2.24) is 0 Å². The molecule has 2 N–H and O–H groups in total. The van der Waals surface area contributed by atoms with Crippen molar-refractivity contribution in [3.63, 3.8) is 0 Å². The number of ether oxygens (including phenoxy) is 1. The number of phenolic OH excluding ortho intramolecular Hbond substituents is 2. The third kappa shape index (κ3) is 5.96. The average Bonchev–Trinajstić information content (AvgIpc) is 2.74. The summed E-state index contributed by atoms with van der Waals surface area (Å²) in [6.07, 6.45) is 3.17. The molecule has 0 bridgehead atoms. The van der Waals surface area contributed by atoms with E-state index < -0.39 is 15.8 Å². The molecule has 0 aliphatic heterocycles. The Balaban J connectivity index is 1.88.